The summed E-state index contributed by atoms with van der Waals surface area (Å²) in [5.74, 6) is 0.0283. The van der Waals surface area contributed by atoms with E-state index in [2.05, 4.69) is 4.74 Å². The molecular weight excluding hydrogens is 414 g/mol. The fourth-order valence-corrected chi connectivity index (χ4v) is 6.06. The molecule has 0 unspecified atom stereocenters. The SMILES string of the molecule is CCS(=O)(=O)N1CCN(S(=O)(=O)C2=Cc3ccc(OC(F)F)cc3CC2)CC1. The summed E-state index contributed by atoms with van der Waals surface area (Å²) in [4.78, 5) is 0.245. The quantitative estimate of drug-likeness (QED) is 0.680. The Morgan fingerprint density at radius 2 is 1.68 bits per heavy atom. The molecule has 1 fully saturated rings. The van der Waals surface area contributed by atoms with Crippen molar-refractivity contribution in [1.82, 2.24) is 8.61 Å². The van der Waals surface area contributed by atoms with Crippen LogP contribution in [0.25, 0.3) is 6.08 Å². The molecular formula is C17H22F2N2O5S2. The predicted octanol–water partition coefficient (Wildman–Crippen LogP) is 1.87. The zero-order valence-electron chi connectivity index (χ0n) is 15.3. The van der Waals surface area contributed by atoms with E-state index in [1.165, 1.54) is 20.7 Å². The zero-order valence-corrected chi connectivity index (χ0v) is 17.0. The number of aryl methyl sites for hydroxylation is 1. The summed E-state index contributed by atoms with van der Waals surface area (Å²) in [6, 6.07) is 4.44. The molecule has 0 saturated carbocycles. The average Bonchev–Trinajstić information content (AvgIpc) is 2.67. The summed E-state index contributed by atoms with van der Waals surface area (Å²) in [6.45, 7) is -0.884. The van der Waals surface area contributed by atoms with Crippen molar-refractivity contribution in [3.63, 3.8) is 0 Å². The van der Waals surface area contributed by atoms with Gasteiger partial charge in [-0.15, -0.1) is 0 Å². The molecule has 1 aliphatic heterocycles. The van der Waals surface area contributed by atoms with Gasteiger partial charge < -0.3 is 4.74 Å². The van der Waals surface area contributed by atoms with Crippen molar-refractivity contribution in [2.45, 2.75) is 26.4 Å². The number of piperazine rings is 1. The van der Waals surface area contributed by atoms with Gasteiger partial charge in [0.05, 0.1) is 10.7 Å². The summed E-state index contributed by atoms with van der Waals surface area (Å²) in [7, 11) is -7.05. The third-order valence-electron chi connectivity index (χ3n) is 4.92. The van der Waals surface area contributed by atoms with Gasteiger partial charge in [0.1, 0.15) is 5.75 Å². The van der Waals surface area contributed by atoms with E-state index in [4.69, 9.17) is 0 Å². The number of hydrogen-bond acceptors (Lipinski definition) is 5. The van der Waals surface area contributed by atoms with Gasteiger partial charge in [0.25, 0.3) is 0 Å². The van der Waals surface area contributed by atoms with Crippen LogP contribution in [0.15, 0.2) is 23.1 Å². The van der Waals surface area contributed by atoms with Gasteiger partial charge in [-0.1, -0.05) is 6.07 Å². The number of alkyl halides is 2. The Morgan fingerprint density at radius 1 is 1.04 bits per heavy atom. The molecule has 0 atom stereocenters. The Kier molecular flexibility index (Phi) is 6.08. The van der Waals surface area contributed by atoms with Crippen LogP contribution in [0.4, 0.5) is 8.78 Å². The van der Waals surface area contributed by atoms with Crippen molar-refractivity contribution in [2.24, 2.45) is 0 Å². The first-order chi connectivity index (χ1) is 13.1. The highest BCUT2D eigenvalue weighted by Gasteiger charge is 2.34. The van der Waals surface area contributed by atoms with Crippen LogP contribution in [0.3, 0.4) is 0 Å². The average molecular weight is 437 g/mol. The van der Waals surface area contributed by atoms with Crippen LogP contribution in [0.5, 0.6) is 5.75 Å². The minimum Gasteiger partial charge on any atom is -0.435 e. The maximum atomic E-state index is 13.0. The van der Waals surface area contributed by atoms with Gasteiger partial charge in [-0.25, -0.2) is 16.8 Å². The van der Waals surface area contributed by atoms with E-state index in [0.717, 1.165) is 5.56 Å². The molecule has 156 valence electrons. The van der Waals surface area contributed by atoms with E-state index in [0.29, 0.717) is 12.0 Å². The summed E-state index contributed by atoms with van der Waals surface area (Å²) in [5, 5.41) is 0. The van der Waals surface area contributed by atoms with Gasteiger partial charge in [0.2, 0.25) is 20.0 Å². The second kappa shape index (κ2) is 8.05. The third-order valence-corrected chi connectivity index (χ3v) is 8.84. The van der Waals surface area contributed by atoms with Crippen LogP contribution in [-0.4, -0.2) is 64.0 Å². The second-order valence-corrected chi connectivity index (χ2v) is 10.8. The first-order valence-electron chi connectivity index (χ1n) is 8.90. The smallest absolute Gasteiger partial charge is 0.387 e. The first-order valence-corrected chi connectivity index (χ1v) is 11.9. The molecule has 1 saturated heterocycles. The summed E-state index contributed by atoms with van der Waals surface area (Å²) in [5.41, 5.74) is 1.40. The van der Waals surface area contributed by atoms with Gasteiger partial charge in [0, 0.05) is 26.2 Å². The minimum atomic E-state index is -3.71. The van der Waals surface area contributed by atoms with Crippen molar-refractivity contribution in [1.29, 1.82) is 0 Å². The number of rotatable bonds is 6. The van der Waals surface area contributed by atoms with Gasteiger partial charge >= 0.3 is 6.61 Å². The van der Waals surface area contributed by atoms with E-state index in [9.17, 15) is 25.6 Å². The largest absolute Gasteiger partial charge is 0.435 e. The molecule has 0 amide bonds. The van der Waals surface area contributed by atoms with Crippen molar-refractivity contribution < 1.29 is 30.4 Å². The van der Waals surface area contributed by atoms with Crippen molar-refractivity contribution >= 4 is 26.1 Å². The molecule has 0 aromatic heterocycles. The van der Waals surface area contributed by atoms with Gasteiger partial charge in [0.15, 0.2) is 0 Å². The highest BCUT2D eigenvalue weighted by Crippen LogP contribution is 2.32. The molecule has 2 aliphatic rings. The lowest BCUT2D eigenvalue weighted by Gasteiger charge is -2.34. The van der Waals surface area contributed by atoms with Crippen molar-refractivity contribution in [3.05, 3.63) is 34.2 Å². The lowest BCUT2D eigenvalue weighted by atomic mass is 9.97. The monoisotopic (exact) mass is 436 g/mol. The van der Waals surface area contributed by atoms with Crippen LogP contribution < -0.4 is 4.74 Å². The number of ether oxygens (including phenoxy) is 1. The molecule has 1 aliphatic carbocycles. The highest BCUT2D eigenvalue weighted by molar-refractivity contribution is 7.93. The van der Waals surface area contributed by atoms with E-state index < -0.39 is 26.7 Å². The molecule has 0 spiro atoms. The molecule has 0 bridgehead atoms. The van der Waals surface area contributed by atoms with E-state index >= 15 is 0 Å². The van der Waals surface area contributed by atoms with Crippen LogP contribution in [0.2, 0.25) is 0 Å². The maximum absolute atomic E-state index is 13.0. The molecule has 3 rings (SSSR count). The molecule has 1 aromatic rings. The highest BCUT2D eigenvalue weighted by atomic mass is 32.2. The Balaban J connectivity index is 1.76. The summed E-state index contributed by atoms with van der Waals surface area (Å²) >= 11 is 0. The number of halogens is 2. The Hall–Kier alpha value is -1.56. The Morgan fingerprint density at radius 3 is 2.29 bits per heavy atom. The lowest BCUT2D eigenvalue weighted by Crippen LogP contribution is -2.51. The number of hydrogen-bond donors (Lipinski definition) is 0. The zero-order chi connectivity index (χ0) is 20.5. The molecule has 1 heterocycles. The minimum absolute atomic E-state index is 0.0149. The third kappa shape index (κ3) is 4.37. The van der Waals surface area contributed by atoms with Crippen molar-refractivity contribution in [3.8, 4) is 5.75 Å². The van der Waals surface area contributed by atoms with Gasteiger partial charge in [-0.3, -0.25) is 0 Å². The topological polar surface area (TPSA) is 84.0 Å². The number of benzene rings is 1. The summed E-state index contributed by atoms with van der Waals surface area (Å²) in [6.07, 6.45) is 2.20. The van der Waals surface area contributed by atoms with E-state index in [1.54, 1.807) is 19.1 Å². The van der Waals surface area contributed by atoms with Crippen LogP contribution in [-0.2, 0) is 26.5 Å². The Labute approximate surface area is 163 Å². The predicted molar refractivity (Wildman–Crippen MR) is 101 cm³/mol. The van der Waals surface area contributed by atoms with Gasteiger partial charge in [-0.2, -0.15) is 17.4 Å². The normalized spacial score (nSPS) is 19.4. The Bertz CT molecular complexity index is 969. The lowest BCUT2D eigenvalue weighted by molar-refractivity contribution is -0.0498. The summed E-state index contributed by atoms with van der Waals surface area (Å²) < 4.78 is 81.5. The van der Waals surface area contributed by atoms with Crippen LogP contribution in [0, 0.1) is 0 Å². The fourth-order valence-electron chi connectivity index (χ4n) is 3.36. The van der Waals surface area contributed by atoms with Crippen LogP contribution >= 0.6 is 0 Å². The second-order valence-electron chi connectivity index (χ2n) is 6.55. The van der Waals surface area contributed by atoms with Crippen LogP contribution in [0.1, 0.15) is 24.5 Å². The number of nitrogens with zero attached hydrogens (tertiary/aromatic N) is 2. The molecule has 0 N–H and O–H groups in total. The molecule has 7 nitrogen and oxygen atoms in total. The molecule has 28 heavy (non-hydrogen) atoms. The number of sulfonamides is 2. The van der Waals surface area contributed by atoms with E-state index in [1.807, 2.05) is 0 Å². The maximum Gasteiger partial charge on any atom is 0.387 e. The molecule has 1 aromatic carbocycles. The molecule has 11 heteroatoms. The first kappa shape index (κ1) is 21.2. The van der Waals surface area contributed by atoms with E-state index in [-0.39, 0.29) is 49.0 Å². The van der Waals surface area contributed by atoms with Gasteiger partial charge in [-0.05, 0) is 49.1 Å². The molecule has 0 radical (unpaired) electrons. The van der Waals surface area contributed by atoms with Crippen molar-refractivity contribution in [2.75, 3.05) is 31.9 Å². The standard InChI is InChI=1S/C17H22F2N2O5S2/c1-2-27(22,23)20-7-9-21(10-8-20)28(24,25)16-6-4-13-11-15(26-17(18)19)5-3-14(13)12-16/h3,5,11-12,17H,2,4,6-10H2,1H3. The number of allylic oxidation sites excluding steroid dienone is 1. The fraction of sp³-hybridized carbons (Fsp3) is 0.529. The number of fused-ring (bicyclic) bond motifs is 1.